The van der Waals surface area contributed by atoms with Crippen LogP contribution in [-0.2, 0) is 12.8 Å². The Bertz CT molecular complexity index is 710. The molecule has 2 rings (SSSR count). The maximum Gasteiger partial charge on any atom is 0.00793 e. The Morgan fingerprint density at radius 1 is 0.600 bits per heavy atom. The lowest BCUT2D eigenvalue weighted by molar-refractivity contribution is 0.427. The number of aryl methyl sites for hydroxylation is 2. The number of rotatable bonds is 19. The first-order chi connectivity index (χ1) is 17.0. The molecule has 5 N–H and O–H groups in total. The summed E-state index contributed by atoms with van der Waals surface area (Å²) in [6.45, 7) is 14.6. The standard InChI is InChI=1S/C31H52N4/c1-25(2)29-15-11-27(12-16-29)7-5-9-31(35-24-23-34-22-21-33-20-19-32)10-6-8-28-13-17-30(18-14-28)26(3)4/h11-18,25-26,31,33-35H,5-10,19-24,32H2,1-4H3. The smallest absolute Gasteiger partial charge is 0.00793 e. The first-order valence-corrected chi connectivity index (χ1v) is 14.0. The van der Waals surface area contributed by atoms with E-state index in [0.29, 0.717) is 24.4 Å². The van der Waals surface area contributed by atoms with Gasteiger partial charge in [-0.1, -0.05) is 76.2 Å². The van der Waals surface area contributed by atoms with Crippen LogP contribution in [0.3, 0.4) is 0 Å². The molecule has 4 heteroatoms. The molecule has 0 bridgehead atoms. The van der Waals surface area contributed by atoms with Crippen LogP contribution in [-0.4, -0.2) is 45.3 Å². The second-order valence-corrected chi connectivity index (χ2v) is 10.5. The minimum Gasteiger partial charge on any atom is -0.329 e. The topological polar surface area (TPSA) is 62.1 Å². The summed E-state index contributed by atoms with van der Waals surface area (Å²) in [6, 6.07) is 19.1. The van der Waals surface area contributed by atoms with Gasteiger partial charge in [-0.2, -0.15) is 0 Å². The van der Waals surface area contributed by atoms with Crippen molar-refractivity contribution in [2.45, 2.75) is 84.1 Å². The van der Waals surface area contributed by atoms with Crippen molar-refractivity contribution in [1.29, 1.82) is 0 Å². The summed E-state index contributed by atoms with van der Waals surface area (Å²) in [6.07, 6.45) is 7.26. The molecular weight excluding hydrogens is 428 g/mol. The Labute approximate surface area is 215 Å². The zero-order valence-corrected chi connectivity index (χ0v) is 22.9. The van der Waals surface area contributed by atoms with Crippen LogP contribution in [0.5, 0.6) is 0 Å². The maximum absolute atomic E-state index is 5.52. The molecule has 0 aliphatic rings. The molecule has 0 unspecified atom stereocenters. The highest BCUT2D eigenvalue weighted by atomic mass is 15.0. The van der Waals surface area contributed by atoms with Crippen molar-refractivity contribution in [3.05, 3.63) is 70.8 Å². The van der Waals surface area contributed by atoms with Gasteiger partial charge in [0.2, 0.25) is 0 Å². The molecule has 0 aliphatic carbocycles. The van der Waals surface area contributed by atoms with Crippen molar-refractivity contribution >= 4 is 0 Å². The highest BCUT2D eigenvalue weighted by Gasteiger charge is 2.09. The van der Waals surface area contributed by atoms with Gasteiger partial charge in [-0.05, 0) is 72.6 Å². The van der Waals surface area contributed by atoms with Crippen molar-refractivity contribution in [2.24, 2.45) is 5.73 Å². The van der Waals surface area contributed by atoms with Gasteiger partial charge in [0.05, 0.1) is 0 Å². The highest BCUT2D eigenvalue weighted by Crippen LogP contribution is 2.18. The molecule has 35 heavy (non-hydrogen) atoms. The fourth-order valence-electron chi connectivity index (χ4n) is 4.49. The van der Waals surface area contributed by atoms with E-state index in [4.69, 9.17) is 5.73 Å². The average molecular weight is 481 g/mol. The summed E-state index contributed by atoms with van der Waals surface area (Å²) < 4.78 is 0. The summed E-state index contributed by atoms with van der Waals surface area (Å²) >= 11 is 0. The van der Waals surface area contributed by atoms with Gasteiger partial charge in [-0.3, -0.25) is 0 Å². The molecule has 0 saturated carbocycles. The Balaban J connectivity index is 1.76. The Kier molecular flexibility index (Phi) is 14.9. The molecule has 0 radical (unpaired) electrons. The van der Waals surface area contributed by atoms with Crippen molar-refractivity contribution in [1.82, 2.24) is 16.0 Å². The van der Waals surface area contributed by atoms with E-state index in [0.717, 1.165) is 45.6 Å². The lowest BCUT2D eigenvalue weighted by Gasteiger charge is -2.19. The zero-order valence-electron chi connectivity index (χ0n) is 22.9. The third kappa shape index (κ3) is 12.7. The minimum absolute atomic E-state index is 0.581. The molecule has 2 aromatic carbocycles. The van der Waals surface area contributed by atoms with Gasteiger partial charge in [-0.25, -0.2) is 0 Å². The number of hydrogen-bond acceptors (Lipinski definition) is 4. The van der Waals surface area contributed by atoms with Gasteiger partial charge in [0.15, 0.2) is 0 Å². The number of nitrogens with one attached hydrogen (secondary N) is 3. The van der Waals surface area contributed by atoms with E-state index in [-0.39, 0.29) is 0 Å². The van der Waals surface area contributed by atoms with Crippen LogP contribution in [0.2, 0.25) is 0 Å². The normalized spacial score (nSPS) is 11.8. The van der Waals surface area contributed by atoms with Crippen molar-refractivity contribution in [3.63, 3.8) is 0 Å². The van der Waals surface area contributed by atoms with Crippen LogP contribution in [0.25, 0.3) is 0 Å². The van der Waals surface area contributed by atoms with E-state index in [9.17, 15) is 0 Å². The van der Waals surface area contributed by atoms with Gasteiger partial charge in [-0.15, -0.1) is 0 Å². The van der Waals surface area contributed by atoms with Gasteiger partial charge in [0, 0.05) is 45.3 Å². The van der Waals surface area contributed by atoms with Crippen molar-refractivity contribution in [3.8, 4) is 0 Å². The van der Waals surface area contributed by atoms with E-state index in [1.807, 2.05) is 0 Å². The third-order valence-electron chi connectivity index (χ3n) is 6.86. The predicted molar refractivity (Wildman–Crippen MR) is 154 cm³/mol. The fourth-order valence-corrected chi connectivity index (χ4v) is 4.49. The second-order valence-electron chi connectivity index (χ2n) is 10.5. The van der Waals surface area contributed by atoms with Crippen LogP contribution in [0, 0.1) is 0 Å². The van der Waals surface area contributed by atoms with Crippen LogP contribution >= 0.6 is 0 Å². The second kappa shape index (κ2) is 17.7. The molecule has 2 aromatic rings. The van der Waals surface area contributed by atoms with E-state index in [1.165, 1.54) is 47.9 Å². The molecule has 0 saturated heterocycles. The average Bonchev–Trinajstić information content (AvgIpc) is 2.86. The molecule has 4 nitrogen and oxygen atoms in total. The Hall–Kier alpha value is -1.72. The molecule has 0 fully saturated rings. The van der Waals surface area contributed by atoms with Crippen LogP contribution in [0.1, 0.15) is 87.5 Å². The molecular formula is C31H52N4. The summed E-state index contributed by atoms with van der Waals surface area (Å²) in [7, 11) is 0. The van der Waals surface area contributed by atoms with Crippen molar-refractivity contribution < 1.29 is 0 Å². The van der Waals surface area contributed by atoms with E-state index < -0.39 is 0 Å². The van der Waals surface area contributed by atoms with E-state index >= 15 is 0 Å². The van der Waals surface area contributed by atoms with Crippen LogP contribution < -0.4 is 21.7 Å². The molecule has 0 amide bonds. The quantitative estimate of drug-likeness (QED) is 0.204. The molecule has 0 spiro atoms. The Morgan fingerprint density at radius 3 is 1.46 bits per heavy atom. The molecule has 0 atom stereocenters. The van der Waals surface area contributed by atoms with Gasteiger partial charge < -0.3 is 21.7 Å². The monoisotopic (exact) mass is 480 g/mol. The minimum atomic E-state index is 0.581. The van der Waals surface area contributed by atoms with E-state index in [1.54, 1.807) is 0 Å². The first kappa shape index (κ1) is 29.5. The summed E-state index contributed by atoms with van der Waals surface area (Å²) in [5.41, 5.74) is 11.3. The van der Waals surface area contributed by atoms with Crippen molar-refractivity contribution in [2.75, 3.05) is 39.3 Å². The summed E-state index contributed by atoms with van der Waals surface area (Å²) in [5.74, 6) is 1.20. The van der Waals surface area contributed by atoms with Gasteiger partial charge >= 0.3 is 0 Å². The lowest BCUT2D eigenvalue weighted by atomic mass is 9.96. The van der Waals surface area contributed by atoms with Gasteiger partial charge in [0.25, 0.3) is 0 Å². The summed E-state index contributed by atoms with van der Waals surface area (Å²) in [5, 5.41) is 10.7. The SMILES string of the molecule is CC(C)c1ccc(CCCC(CCCc2ccc(C(C)C)cc2)NCCNCCNCCN)cc1. The first-order valence-electron chi connectivity index (χ1n) is 14.0. The highest BCUT2D eigenvalue weighted by molar-refractivity contribution is 5.25. The van der Waals surface area contributed by atoms with E-state index in [2.05, 4.69) is 92.2 Å². The summed E-state index contributed by atoms with van der Waals surface area (Å²) in [4.78, 5) is 0. The fraction of sp³-hybridized carbons (Fsp3) is 0.613. The number of nitrogens with two attached hydrogens (primary N) is 1. The molecule has 196 valence electrons. The molecule has 0 aliphatic heterocycles. The Morgan fingerprint density at radius 2 is 1.03 bits per heavy atom. The van der Waals surface area contributed by atoms with Crippen LogP contribution in [0.15, 0.2) is 48.5 Å². The van der Waals surface area contributed by atoms with Gasteiger partial charge in [0.1, 0.15) is 0 Å². The van der Waals surface area contributed by atoms with Crippen LogP contribution in [0.4, 0.5) is 0 Å². The largest absolute Gasteiger partial charge is 0.329 e. The number of hydrogen-bond donors (Lipinski definition) is 4. The zero-order chi connectivity index (χ0) is 25.3. The molecule has 0 aromatic heterocycles. The maximum atomic E-state index is 5.52. The number of benzene rings is 2. The third-order valence-corrected chi connectivity index (χ3v) is 6.86. The molecule has 0 heterocycles. The lowest BCUT2D eigenvalue weighted by Crippen LogP contribution is -2.37. The predicted octanol–water partition coefficient (Wildman–Crippen LogP) is 5.38.